The molecule has 0 spiro atoms. The molecule has 17 heavy (non-hydrogen) atoms. The minimum Gasteiger partial charge on any atom is -0.480 e. The van der Waals surface area contributed by atoms with Crippen LogP contribution >= 0.6 is 0 Å². The van der Waals surface area contributed by atoms with Gasteiger partial charge in [-0.2, -0.15) is 0 Å². The molecule has 1 saturated heterocycles. The molecule has 3 N–H and O–H groups in total. The highest BCUT2D eigenvalue weighted by Gasteiger charge is 2.39. The van der Waals surface area contributed by atoms with Crippen LogP contribution < -0.4 is 5.32 Å². The average molecular weight is 242 g/mol. The summed E-state index contributed by atoms with van der Waals surface area (Å²) in [6.45, 7) is 0.714. The van der Waals surface area contributed by atoms with E-state index < -0.39 is 18.1 Å². The van der Waals surface area contributed by atoms with Crippen molar-refractivity contribution in [1.82, 2.24) is 10.2 Å². The number of aliphatic hydroxyl groups is 1. The molecule has 2 atom stereocenters. The summed E-state index contributed by atoms with van der Waals surface area (Å²) in [5.41, 5.74) is 0. The molecular formula is C11H18N2O4. The van der Waals surface area contributed by atoms with Crippen molar-refractivity contribution in [3.05, 3.63) is 0 Å². The predicted molar refractivity (Wildman–Crippen MR) is 59.5 cm³/mol. The van der Waals surface area contributed by atoms with Gasteiger partial charge < -0.3 is 20.4 Å². The lowest BCUT2D eigenvalue weighted by Crippen LogP contribution is -2.47. The third-order valence-electron chi connectivity index (χ3n) is 3.59. The Hall–Kier alpha value is -1.30. The van der Waals surface area contributed by atoms with Gasteiger partial charge in [0.1, 0.15) is 6.04 Å². The molecule has 0 unspecified atom stereocenters. The number of nitrogens with zero attached hydrogens (tertiary/aromatic N) is 1. The second-order valence-electron chi connectivity index (χ2n) is 4.88. The van der Waals surface area contributed by atoms with Gasteiger partial charge in [-0.3, -0.25) is 0 Å². The molecule has 1 saturated carbocycles. The molecule has 0 aromatic heterocycles. The zero-order valence-electron chi connectivity index (χ0n) is 9.63. The molecule has 0 bridgehead atoms. The van der Waals surface area contributed by atoms with Crippen molar-refractivity contribution in [2.45, 2.75) is 37.8 Å². The molecule has 1 aliphatic heterocycles. The number of carbonyl (C=O) groups is 2. The maximum absolute atomic E-state index is 11.8. The Morgan fingerprint density at radius 1 is 1.35 bits per heavy atom. The van der Waals surface area contributed by atoms with Crippen LogP contribution in [0, 0.1) is 5.92 Å². The van der Waals surface area contributed by atoms with Crippen molar-refractivity contribution in [2.75, 3.05) is 13.1 Å². The van der Waals surface area contributed by atoms with Crippen LogP contribution in [0.15, 0.2) is 0 Å². The van der Waals surface area contributed by atoms with E-state index in [9.17, 15) is 14.7 Å². The molecule has 0 aromatic carbocycles. The lowest BCUT2D eigenvalue weighted by molar-refractivity contribution is -0.141. The van der Waals surface area contributed by atoms with Crippen molar-refractivity contribution >= 4 is 12.0 Å². The first-order chi connectivity index (χ1) is 8.08. The number of amides is 2. The number of rotatable bonds is 3. The molecule has 2 amide bonds. The third kappa shape index (κ3) is 2.69. The van der Waals surface area contributed by atoms with Gasteiger partial charge in [-0.1, -0.05) is 6.42 Å². The van der Waals surface area contributed by atoms with Crippen LogP contribution in [0.1, 0.15) is 25.7 Å². The molecule has 2 aliphatic rings. The number of hydrogen-bond acceptors (Lipinski definition) is 3. The maximum atomic E-state index is 11.8. The highest BCUT2D eigenvalue weighted by Crippen LogP contribution is 2.25. The monoisotopic (exact) mass is 242 g/mol. The number of carboxylic acids is 1. The summed E-state index contributed by atoms with van der Waals surface area (Å²) in [5, 5.41) is 21.1. The quantitative estimate of drug-likeness (QED) is 0.650. The fourth-order valence-corrected chi connectivity index (χ4v) is 2.30. The Kier molecular flexibility index (Phi) is 3.51. The minimum absolute atomic E-state index is 0.105. The van der Waals surface area contributed by atoms with Crippen molar-refractivity contribution in [3.63, 3.8) is 0 Å². The number of urea groups is 1. The average Bonchev–Trinajstić information content (AvgIpc) is 2.58. The Morgan fingerprint density at radius 3 is 2.59 bits per heavy atom. The molecule has 1 heterocycles. The molecule has 2 rings (SSSR count). The summed E-state index contributed by atoms with van der Waals surface area (Å²) in [5.74, 6) is -0.518. The van der Waals surface area contributed by atoms with E-state index in [-0.39, 0.29) is 19.0 Å². The number of β-amino-alcohol motifs (C(OH)–C–C–N with tert-alkyl or cyclic N) is 1. The SMILES string of the molecule is O=C(O)[C@@H]1C[C@@H](O)CN1C(=O)NCC1CCC1. The Morgan fingerprint density at radius 2 is 2.06 bits per heavy atom. The van der Waals surface area contributed by atoms with Crippen molar-refractivity contribution in [2.24, 2.45) is 5.92 Å². The summed E-state index contributed by atoms with van der Waals surface area (Å²) >= 11 is 0. The smallest absolute Gasteiger partial charge is 0.326 e. The topological polar surface area (TPSA) is 89.9 Å². The van der Waals surface area contributed by atoms with E-state index in [1.165, 1.54) is 11.3 Å². The first kappa shape index (κ1) is 12.2. The van der Waals surface area contributed by atoms with Gasteiger partial charge in [-0.25, -0.2) is 9.59 Å². The second-order valence-corrected chi connectivity index (χ2v) is 4.88. The van der Waals surface area contributed by atoms with Crippen LogP contribution in [0.3, 0.4) is 0 Å². The van der Waals surface area contributed by atoms with Gasteiger partial charge >= 0.3 is 12.0 Å². The fourth-order valence-electron chi connectivity index (χ4n) is 2.30. The minimum atomic E-state index is -1.06. The summed E-state index contributed by atoms with van der Waals surface area (Å²) in [7, 11) is 0. The van der Waals surface area contributed by atoms with E-state index in [0.29, 0.717) is 12.5 Å². The lowest BCUT2D eigenvalue weighted by Gasteiger charge is -2.27. The van der Waals surface area contributed by atoms with Gasteiger partial charge in [-0.15, -0.1) is 0 Å². The van der Waals surface area contributed by atoms with Crippen LogP contribution in [-0.4, -0.2) is 52.3 Å². The van der Waals surface area contributed by atoms with Gasteiger partial charge in [0.2, 0.25) is 0 Å². The predicted octanol–water partition coefficient (Wildman–Crippen LogP) is 0.0159. The standard InChI is InChI=1S/C11H18N2O4/c14-8-4-9(10(15)16)13(6-8)11(17)12-5-7-2-1-3-7/h7-9,14H,1-6H2,(H,12,17)(H,15,16)/t8-,9+/m1/s1. The number of nitrogens with one attached hydrogen (secondary N) is 1. The molecule has 6 heteroatoms. The van der Waals surface area contributed by atoms with Gasteiger partial charge in [0.25, 0.3) is 0 Å². The number of aliphatic carboxylic acids is 1. The number of hydrogen-bond donors (Lipinski definition) is 3. The number of likely N-dealkylation sites (tertiary alicyclic amines) is 1. The number of carbonyl (C=O) groups excluding carboxylic acids is 1. The zero-order chi connectivity index (χ0) is 12.4. The van der Waals surface area contributed by atoms with E-state index in [1.54, 1.807) is 0 Å². The zero-order valence-corrected chi connectivity index (χ0v) is 9.63. The van der Waals surface area contributed by atoms with Crippen molar-refractivity contribution in [3.8, 4) is 0 Å². The highest BCUT2D eigenvalue weighted by atomic mass is 16.4. The van der Waals surface area contributed by atoms with Gasteiger partial charge in [0.05, 0.1) is 6.10 Å². The van der Waals surface area contributed by atoms with Crippen LogP contribution in [0.4, 0.5) is 4.79 Å². The van der Waals surface area contributed by atoms with Gasteiger partial charge in [0.15, 0.2) is 0 Å². The second kappa shape index (κ2) is 4.91. The normalized spacial score (nSPS) is 28.9. The number of carboxylic acid groups (broad SMARTS) is 1. The Balaban J connectivity index is 1.85. The lowest BCUT2D eigenvalue weighted by atomic mass is 9.85. The molecule has 96 valence electrons. The van der Waals surface area contributed by atoms with Crippen molar-refractivity contribution < 1.29 is 19.8 Å². The van der Waals surface area contributed by atoms with E-state index in [1.807, 2.05) is 0 Å². The summed E-state index contributed by atoms with van der Waals surface area (Å²) in [4.78, 5) is 23.9. The Labute approximate surface area is 99.6 Å². The van der Waals surface area contributed by atoms with E-state index in [4.69, 9.17) is 5.11 Å². The molecule has 6 nitrogen and oxygen atoms in total. The maximum Gasteiger partial charge on any atom is 0.326 e. The molecular weight excluding hydrogens is 224 g/mol. The molecule has 1 aliphatic carbocycles. The van der Waals surface area contributed by atoms with Crippen LogP contribution in [0.5, 0.6) is 0 Å². The highest BCUT2D eigenvalue weighted by molar-refractivity contribution is 5.83. The largest absolute Gasteiger partial charge is 0.480 e. The summed E-state index contributed by atoms with van der Waals surface area (Å²) in [6.07, 6.45) is 2.86. The van der Waals surface area contributed by atoms with E-state index in [0.717, 1.165) is 12.8 Å². The van der Waals surface area contributed by atoms with E-state index in [2.05, 4.69) is 5.32 Å². The van der Waals surface area contributed by atoms with Crippen LogP contribution in [0.25, 0.3) is 0 Å². The summed E-state index contributed by atoms with van der Waals surface area (Å²) in [6, 6.07) is -1.27. The molecule has 0 radical (unpaired) electrons. The van der Waals surface area contributed by atoms with Crippen molar-refractivity contribution in [1.29, 1.82) is 0 Å². The first-order valence-corrected chi connectivity index (χ1v) is 6.03. The molecule has 0 aromatic rings. The number of aliphatic hydroxyl groups excluding tert-OH is 1. The Bertz CT molecular complexity index is 317. The molecule has 2 fully saturated rings. The third-order valence-corrected chi connectivity index (χ3v) is 3.59. The van der Waals surface area contributed by atoms with Gasteiger partial charge in [0, 0.05) is 19.5 Å². The van der Waals surface area contributed by atoms with Gasteiger partial charge in [-0.05, 0) is 18.8 Å². The fraction of sp³-hybridized carbons (Fsp3) is 0.818. The van der Waals surface area contributed by atoms with Crippen LogP contribution in [-0.2, 0) is 4.79 Å². The summed E-state index contributed by atoms with van der Waals surface area (Å²) < 4.78 is 0. The van der Waals surface area contributed by atoms with Crippen LogP contribution in [0.2, 0.25) is 0 Å². The van der Waals surface area contributed by atoms with E-state index >= 15 is 0 Å². The first-order valence-electron chi connectivity index (χ1n) is 6.03.